The highest BCUT2D eigenvalue weighted by atomic mass is 32.2. The molecule has 3 aliphatic rings. The molecule has 0 spiro atoms. The topological polar surface area (TPSA) is 85.3 Å². The lowest BCUT2D eigenvalue weighted by molar-refractivity contribution is -0.158. The first-order valence-corrected chi connectivity index (χ1v) is 8.81. The van der Waals surface area contributed by atoms with E-state index in [9.17, 15) is 14.7 Å². The van der Waals surface area contributed by atoms with E-state index in [0.717, 1.165) is 4.91 Å². The van der Waals surface area contributed by atoms with Crippen LogP contribution in [0.15, 0.2) is 23.3 Å². The van der Waals surface area contributed by atoms with Crippen molar-refractivity contribution in [2.45, 2.75) is 30.9 Å². The van der Waals surface area contributed by atoms with Gasteiger partial charge in [-0.1, -0.05) is 12.7 Å². The fourth-order valence-electron chi connectivity index (χ4n) is 3.05. The van der Waals surface area contributed by atoms with Crippen molar-refractivity contribution in [2.24, 2.45) is 5.92 Å². The van der Waals surface area contributed by atoms with Gasteiger partial charge in [0, 0.05) is 11.3 Å². The zero-order valence-electron chi connectivity index (χ0n) is 13.5. The molecule has 8 heteroatoms. The predicted molar refractivity (Wildman–Crippen MR) is 86.8 cm³/mol. The second-order valence-electron chi connectivity index (χ2n) is 5.91. The minimum absolute atomic E-state index is 0.0792. The highest BCUT2D eigenvalue weighted by molar-refractivity contribution is 8.04. The molecular formula is C16H21NO6S. The number of aliphatic hydroxyl groups is 1. The Labute approximate surface area is 144 Å². The minimum atomic E-state index is -0.759. The van der Waals surface area contributed by atoms with Crippen LogP contribution >= 0.6 is 11.8 Å². The summed E-state index contributed by atoms with van der Waals surface area (Å²) in [4.78, 5) is 26.9. The molecule has 24 heavy (non-hydrogen) atoms. The lowest BCUT2D eigenvalue weighted by atomic mass is 9.92. The lowest BCUT2D eigenvalue weighted by Crippen LogP contribution is -2.60. The van der Waals surface area contributed by atoms with Gasteiger partial charge in [-0.3, -0.25) is 9.69 Å². The molecule has 2 fully saturated rings. The molecule has 4 atom stereocenters. The van der Waals surface area contributed by atoms with Gasteiger partial charge >= 0.3 is 5.97 Å². The van der Waals surface area contributed by atoms with Gasteiger partial charge in [-0.2, -0.15) is 0 Å². The van der Waals surface area contributed by atoms with Crippen LogP contribution in [0.5, 0.6) is 0 Å². The second kappa shape index (κ2) is 7.26. The van der Waals surface area contributed by atoms with E-state index in [1.807, 2.05) is 0 Å². The number of fused-ring (bicyclic) bond motifs is 1. The summed E-state index contributed by atoms with van der Waals surface area (Å²) < 4.78 is 16.2. The lowest BCUT2D eigenvalue weighted by Gasteiger charge is -2.43. The molecule has 132 valence electrons. The van der Waals surface area contributed by atoms with Crippen LogP contribution in [0.4, 0.5) is 0 Å². The first-order chi connectivity index (χ1) is 11.5. The number of thioether (sulfide) groups is 1. The molecule has 0 bridgehead atoms. The molecule has 7 nitrogen and oxygen atoms in total. The summed E-state index contributed by atoms with van der Waals surface area (Å²) in [5.41, 5.74) is 0.267. The molecule has 3 rings (SSSR count). The third-order valence-electron chi connectivity index (χ3n) is 4.20. The number of hydrogen-bond donors (Lipinski definition) is 1. The number of aliphatic hydroxyl groups excluding tert-OH is 1. The molecule has 0 aromatic rings. The van der Waals surface area contributed by atoms with E-state index in [4.69, 9.17) is 14.2 Å². The Hall–Kier alpha value is -1.35. The van der Waals surface area contributed by atoms with Crippen LogP contribution in [0.1, 0.15) is 13.3 Å². The van der Waals surface area contributed by atoms with Crippen molar-refractivity contribution >= 4 is 23.6 Å². The Morgan fingerprint density at radius 3 is 3.00 bits per heavy atom. The molecule has 2 saturated heterocycles. The third-order valence-corrected chi connectivity index (χ3v) is 5.59. The monoisotopic (exact) mass is 355 g/mol. The molecule has 1 amide bonds. The SMILES string of the molecule is C=CCOC(=O)C1=C(CC2COCCO2)S[C@@H]2[C@@H]([C@@H](C)O)C(=O)N12. The van der Waals surface area contributed by atoms with Crippen molar-refractivity contribution in [3.05, 3.63) is 23.3 Å². The molecule has 1 unspecified atom stereocenters. The van der Waals surface area contributed by atoms with Gasteiger partial charge in [0.2, 0.25) is 5.91 Å². The predicted octanol–water partition coefficient (Wildman–Crippen LogP) is 0.645. The summed E-state index contributed by atoms with van der Waals surface area (Å²) in [7, 11) is 0. The molecule has 3 heterocycles. The van der Waals surface area contributed by atoms with Gasteiger partial charge in [-0.15, -0.1) is 11.8 Å². The van der Waals surface area contributed by atoms with Crippen LogP contribution in [0.2, 0.25) is 0 Å². The standard InChI is InChI=1S/C16H21NO6S/c1-3-4-23-16(20)13-11(7-10-8-21-5-6-22-10)24-15-12(9(2)18)14(19)17(13)15/h3,9-10,12,15,18H,1,4-8H2,2H3/t9-,10?,12+,15-/m1/s1. The highest BCUT2D eigenvalue weighted by Gasteiger charge is 2.57. The normalized spacial score (nSPS) is 30.7. The molecule has 0 aromatic heterocycles. The van der Waals surface area contributed by atoms with E-state index in [1.165, 1.54) is 22.7 Å². The first-order valence-electron chi connectivity index (χ1n) is 7.93. The van der Waals surface area contributed by atoms with E-state index in [2.05, 4.69) is 6.58 Å². The highest BCUT2D eigenvalue weighted by Crippen LogP contribution is 2.51. The zero-order chi connectivity index (χ0) is 17.3. The van der Waals surface area contributed by atoms with Crippen LogP contribution in [0.3, 0.4) is 0 Å². The Balaban J connectivity index is 1.80. The Morgan fingerprint density at radius 2 is 2.38 bits per heavy atom. The molecule has 3 aliphatic heterocycles. The average Bonchev–Trinajstić information content (AvgIpc) is 2.87. The van der Waals surface area contributed by atoms with Crippen LogP contribution in [-0.2, 0) is 23.8 Å². The fourth-order valence-corrected chi connectivity index (χ4v) is 4.72. The third kappa shape index (κ3) is 3.11. The quantitative estimate of drug-likeness (QED) is 0.425. The van der Waals surface area contributed by atoms with Crippen molar-refractivity contribution in [1.82, 2.24) is 4.90 Å². The summed E-state index contributed by atoms with van der Waals surface area (Å²) in [6.07, 6.45) is 1.05. The van der Waals surface area contributed by atoms with Gasteiger partial charge in [0.05, 0.1) is 37.9 Å². The van der Waals surface area contributed by atoms with Gasteiger partial charge in [0.1, 0.15) is 17.7 Å². The summed E-state index contributed by atoms with van der Waals surface area (Å²) in [6.45, 7) is 6.72. The van der Waals surface area contributed by atoms with Crippen LogP contribution < -0.4 is 0 Å². The van der Waals surface area contributed by atoms with Crippen LogP contribution in [0.25, 0.3) is 0 Å². The molecule has 1 N–H and O–H groups in total. The molecule has 0 aliphatic carbocycles. The molecule has 0 radical (unpaired) electrons. The number of carbonyl (C=O) groups excluding carboxylic acids is 2. The van der Waals surface area contributed by atoms with E-state index in [1.54, 1.807) is 6.92 Å². The van der Waals surface area contributed by atoms with E-state index < -0.39 is 18.0 Å². The van der Waals surface area contributed by atoms with E-state index >= 15 is 0 Å². The number of hydrogen-bond acceptors (Lipinski definition) is 7. The van der Waals surface area contributed by atoms with Gasteiger partial charge in [0.15, 0.2) is 0 Å². The summed E-state index contributed by atoms with van der Waals surface area (Å²) in [5, 5.41) is 9.55. The van der Waals surface area contributed by atoms with E-state index in [-0.39, 0.29) is 29.7 Å². The zero-order valence-corrected chi connectivity index (χ0v) is 14.3. The van der Waals surface area contributed by atoms with Crippen molar-refractivity contribution in [2.75, 3.05) is 26.4 Å². The van der Waals surface area contributed by atoms with E-state index in [0.29, 0.717) is 26.2 Å². The Bertz CT molecular complexity index is 569. The maximum absolute atomic E-state index is 12.4. The van der Waals surface area contributed by atoms with Gasteiger partial charge < -0.3 is 19.3 Å². The van der Waals surface area contributed by atoms with Gasteiger partial charge in [0.25, 0.3) is 0 Å². The summed E-state index contributed by atoms with van der Waals surface area (Å²) in [6, 6.07) is 0. The number of nitrogens with zero attached hydrogens (tertiary/aromatic N) is 1. The second-order valence-corrected chi connectivity index (χ2v) is 7.13. The summed E-state index contributed by atoms with van der Waals surface area (Å²) in [5.74, 6) is -1.30. The Kier molecular flexibility index (Phi) is 5.29. The maximum atomic E-state index is 12.4. The van der Waals surface area contributed by atoms with Crippen molar-refractivity contribution in [1.29, 1.82) is 0 Å². The number of esters is 1. The summed E-state index contributed by atoms with van der Waals surface area (Å²) >= 11 is 1.43. The molecule has 0 saturated carbocycles. The average molecular weight is 355 g/mol. The number of amides is 1. The molecule has 0 aromatic carbocycles. The number of β-lactam (4-membered cyclic amide) rings is 1. The van der Waals surface area contributed by atoms with Crippen LogP contribution in [0, 0.1) is 5.92 Å². The Morgan fingerprint density at radius 1 is 1.58 bits per heavy atom. The van der Waals surface area contributed by atoms with Crippen molar-refractivity contribution in [3.8, 4) is 0 Å². The number of rotatable bonds is 6. The van der Waals surface area contributed by atoms with Gasteiger partial charge in [-0.25, -0.2) is 4.79 Å². The number of ether oxygens (including phenoxy) is 3. The molecular weight excluding hydrogens is 334 g/mol. The first kappa shape index (κ1) is 17.5. The largest absolute Gasteiger partial charge is 0.457 e. The number of carbonyl (C=O) groups is 2. The minimum Gasteiger partial charge on any atom is -0.457 e. The van der Waals surface area contributed by atoms with Crippen molar-refractivity contribution < 1.29 is 28.9 Å². The fraction of sp³-hybridized carbons (Fsp3) is 0.625. The smallest absolute Gasteiger partial charge is 0.356 e. The van der Waals surface area contributed by atoms with Gasteiger partial charge in [-0.05, 0) is 6.92 Å². The maximum Gasteiger partial charge on any atom is 0.356 e. The van der Waals surface area contributed by atoms with Crippen LogP contribution in [-0.4, -0.2) is 65.9 Å². The van der Waals surface area contributed by atoms with Crippen molar-refractivity contribution in [3.63, 3.8) is 0 Å².